The predicted octanol–water partition coefficient (Wildman–Crippen LogP) is 3.46. The lowest BCUT2D eigenvalue weighted by Gasteiger charge is -2.13. The maximum absolute atomic E-state index is 6.14. The van der Waals surface area contributed by atoms with Crippen LogP contribution in [0.5, 0.6) is 0 Å². The maximum atomic E-state index is 6.14. The molecule has 2 N–H and O–H groups in total. The van der Waals surface area contributed by atoms with Crippen LogP contribution in [0.2, 0.25) is 5.02 Å². The molecule has 0 unspecified atom stereocenters. The second-order valence-electron chi connectivity index (χ2n) is 5.49. The Morgan fingerprint density at radius 2 is 1.95 bits per heavy atom. The van der Waals surface area contributed by atoms with E-state index in [0.29, 0.717) is 5.95 Å². The van der Waals surface area contributed by atoms with Crippen LogP contribution in [0, 0.1) is 13.8 Å². The van der Waals surface area contributed by atoms with Crippen LogP contribution in [-0.4, -0.2) is 42.1 Å². The van der Waals surface area contributed by atoms with Gasteiger partial charge in [-0.05, 0) is 45.6 Å². The number of halogens is 1. The number of aryl methyl sites for hydroxylation is 1. The molecule has 0 radical (unpaired) electrons. The average molecular weight is 320 g/mol. The van der Waals surface area contributed by atoms with Crippen molar-refractivity contribution < 1.29 is 0 Å². The number of aromatic nitrogens is 2. The molecule has 2 aromatic rings. The molecular weight excluding hydrogens is 298 g/mol. The maximum Gasteiger partial charge on any atom is 0.229 e. The van der Waals surface area contributed by atoms with E-state index < -0.39 is 0 Å². The van der Waals surface area contributed by atoms with E-state index in [-0.39, 0.29) is 0 Å². The number of anilines is 3. The summed E-state index contributed by atoms with van der Waals surface area (Å²) in [5.41, 5.74) is 2.80. The van der Waals surface area contributed by atoms with Crippen LogP contribution in [0.1, 0.15) is 11.3 Å². The fourth-order valence-electron chi connectivity index (χ4n) is 1.99. The van der Waals surface area contributed by atoms with E-state index in [1.54, 1.807) is 0 Å². The van der Waals surface area contributed by atoms with Crippen molar-refractivity contribution in [2.24, 2.45) is 0 Å². The minimum atomic E-state index is 0.567. The molecule has 6 heteroatoms. The normalized spacial score (nSPS) is 10.8. The van der Waals surface area contributed by atoms with Crippen molar-refractivity contribution in [1.29, 1.82) is 0 Å². The molecule has 1 aromatic heterocycles. The summed E-state index contributed by atoms with van der Waals surface area (Å²) in [6.07, 6.45) is 0. The van der Waals surface area contributed by atoms with Crippen LogP contribution in [-0.2, 0) is 0 Å². The zero-order valence-corrected chi connectivity index (χ0v) is 14.2. The molecule has 5 nitrogen and oxygen atoms in total. The van der Waals surface area contributed by atoms with E-state index in [1.165, 1.54) is 0 Å². The summed E-state index contributed by atoms with van der Waals surface area (Å²) in [6.45, 7) is 5.70. The van der Waals surface area contributed by atoms with Gasteiger partial charge in [0, 0.05) is 35.6 Å². The Hall–Kier alpha value is -1.85. The molecule has 0 aliphatic carbocycles. The molecule has 0 spiro atoms. The molecule has 0 aliphatic rings. The van der Waals surface area contributed by atoms with Gasteiger partial charge >= 0.3 is 0 Å². The van der Waals surface area contributed by atoms with Crippen LogP contribution >= 0.6 is 11.6 Å². The molecule has 0 saturated carbocycles. The van der Waals surface area contributed by atoms with E-state index in [2.05, 4.69) is 25.5 Å². The van der Waals surface area contributed by atoms with E-state index in [0.717, 1.165) is 40.9 Å². The minimum Gasteiger partial charge on any atom is -0.369 e. The fraction of sp³-hybridized carbons (Fsp3) is 0.375. The molecule has 22 heavy (non-hydrogen) atoms. The molecule has 0 fully saturated rings. The Balaban J connectivity index is 2.14. The number of hydrogen-bond acceptors (Lipinski definition) is 5. The topological polar surface area (TPSA) is 53.1 Å². The Labute approximate surface area is 136 Å². The van der Waals surface area contributed by atoms with Gasteiger partial charge < -0.3 is 15.5 Å². The average Bonchev–Trinajstić information content (AvgIpc) is 2.43. The lowest BCUT2D eigenvalue weighted by atomic mass is 10.2. The highest BCUT2D eigenvalue weighted by atomic mass is 35.5. The van der Waals surface area contributed by atoms with Crippen LogP contribution in [0.15, 0.2) is 24.3 Å². The number of nitrogens with zero attached hydrogens (tertiary/aromatic N) is 3. The summed E-state index contributed by atoms with van der Waals surface area (Å²) in [6, 6.07) is 7.68. The first-order chi connectivity index (χ1) is 10.5. The van der Waals surface area contributed by atoms with Crippen molar-refractivity contribution in [2.45, 2.75) is 13.8 Å². The lowest BCUT2D eigenvalue weighted by molar-refractivity contribution is 0.425. The number of benzene rings is 1. The molecule has 0 amide bonds. The van der Waals surface area contributed by atoms with E-state index >= 15 is 0 Å². The van der Waals surface area contributed by atoms with Gasteiger partial charge in [0.25, 0.3) is 0 Å². The smallest absolute Gasteiger partial charge is 0.229 e. The van der Waals surface area contributed by atoms with Gasteiger partial charge in [-0.2, -0.15) is 4.98 Å². The van der Waals surface area contributed by atoms with Gasteiger partial charge in [0.15, 0.2) is 0 Å². The molecular formula is C16H22ClN5. The Bertz CT molecular complexity index is 642. The molecule has 0 atom stereocenters. The van der Waals surface area contributed by atoms with Crippen molar-refractivity contribution in [3.63, 3.8) is 0 Å². The van der Waals surface area contributed by atoms with Crippen LogP contribution < -0.4 is 10.6 Å². The molecule has 0 saturated heterocycles. The lowest BCUT2D eigenvalue weighted by Crippen LogP contribution is -2.21. The van der Waals surface area contributed by atoms with Gasteiger partial charge in [-0.1, -0.05) is 17.7 Å². The van der Waals surface area contributed by atoms with Crippen LogP contribution in [0.25, 0.3) is 0 Å². The molecule has 1 aromatic carbocycles. The molecule has 1 heterocycles. The Kier molecular flexibility index (Phi) is 5.57. The third-order valence-electron chi connectivity index (χ3n) is 3.23. The largest absolute Gasteiger partial charge is 0.369 e. The first kappa shape index (κ1) is 16.5. The summed E-state index contributed by atoms with van der Waals surface area (Å²) in [5, 5.41) is 7.27. The standard InChI is InChI=1S/C16H22ClN5/c1-11-10-15(18-8-9-22(3)4)21-16(19-11)20-14-7-5-6-13(17)12(14)2/h5-7,10H,8-9H2,1-4H3,(H2,18,19,20,21). The van der Waals surface area contributed by atoms with Crippen molar-refractivity contribution in [1.82, 2.24) is 14.9 Å². The molecule has 0 aliphatic heterocycles. The van der Waals surface area contributed by atoms with Crippen molar-refractivity contribution in [3.8, 4) is 0 Å². The quantitative estimate of drug-likeness (QED) is 0.854. The number of likely N-dealkylation sites (N-methyl/N-ethyl adjacent to an activating group) is 1. The summed E-state index contributed by atoms with van der Waals surface area (Å²) >= 11 is 6.14. The van der Waals surface area contributed by atoms with E-state index in [4.69, 9.17) is 11.6 Å². The highest BCUT2D eigenvalue weighted by molar-refractivity contribution is 6.31. The SMILES string of the molecule is Cc1cc(NCCN(C)C)nc(Nc2cccc(Cl)c2C)n1. The zero-order valence-electron chi connectivity index (χ0n) is 13.4. The molecule has 2 rings (SSSR count). The third kappa shape index (κ3) is 4.58. The zero-order chi connectivity index (χ0) is 16.1. The van der Waals surface area contributed by atoms with Crippen LogP contribution in [0.4, 0.5) is 17.5 Å². The van der Waals surface area contributed by atoms with E-state index in [1.807, 2.05) is 52.2 Å². The van der Waals surface area contributed by atoms with Gasteiger partial charge in [0.2, 0.25) is 5.95 Å². The van der Waals surface area contributed by atoms with Crippen molar-refractivity contribution in [3.05, 3.63) is 40.5 Å². The summed E-state index contributed by atoms with van der Waals surface area (Å²) in [7, 11) is 4.09. The highest BCUT2D eigenvalue weighted by Crippen LogP contribution is 2.25. The van der Waals surface area contributed by atoms with E-state index in [9.17, 15) is 0 Å². The summed E-state index contributed by atoms with van der Waals surface area (Å²) < 4.78 is 0. The van der Waals surface area contributed by atoms with Crippen LogP contribution in [0.3, 0.4) is 0 Å². The first-order valence-corrected chi connectivity index (χ1v) is 7.60. The molecule has 0 bridgehead atoms. The first-order valence-electron chi connectivity index (χ1n) is 7.22. The number of rotatable bonds is 6. The van der Waals surface area contributed by atoms with Crippen molar-refractivity contribution in [2.75, 3.05) is 37.8 Å². The number of hydrogen-bond donors (Lipinski definition) is 2. The minimum absolute atomic E-state index is 0.567. The third-order valence-corrected chi connectivity index (χ3v) is 3.64. The van der Waals surface area contributed by atoms with Gasteiger partial charge in [-0.3, -0.25) is 0 Å². The predicted molar refractivity (Wildman–Crippen MR) is 93.3 cm³/mol. The fourth-order valence-corrected chi connectivity index (χ4v) is 2.16. The van der Waals surface area contributed by atoms with Gasteiger partial charge in [0.05, 0.1) is 0 Å². The summed E-state index contributed by atoms with van der Waals surface area (Å²) in [4.78, 5) is 11.0. The van der Waals surface area contributed by atoms with Gasteiger partial charge in [-0.25, -0.2) is 4.98 Å². The van der Waals surface area contributed by atoms with Crippen molar-refractivity contribution >= 4 is 29.1 Å². The van der Waals surface area contributed by atoms with Gasteiger partial charge in [-0.15, -0.1) is 0 Å². The Morgan fingerprint density at radius 1 is 1.18 bits per heavy atom. The molecule has 118 valence electrons. The van der Waals surface area contributed by atoms with Gasteiger partial charge in [0.1, 0.15) is 5.82 Å². The number of nitrogens with one attached hydrogen (secondary N) is 2. The second kappa shape index (κ2) is 7.42. The summed E-state index contributed by atoms with van der Waals surface area (Å²) in [5.74, 6) is 1.38. The highest BCUT2D eigenvalue weighted by Gasteiger charge is 2.06. The monoisotopic (exact) mass is 319 g/mol. The second-order valence-corrected chi connectivity index (χ2v) is 5.89. The Morgan fingerprint density at radius 3 is 2.68 bits per heavy atom.